The number of ether oxygens (including phenoxy) is 2. The average molecular weight is 444 g/mol. The van der Waals surface area contributed by atoms with E-state index in [0.29, 0.717) is 42.8 Å². The summed E-state index contributed by atoms with van der Waals surface area (Å²) in [5.41, 5.74) is 1.11. The summed E-state index contributed by atoms with van der Waals surface area (Å²) < 4.78 is 16.6. The van der Waals surface area contributed by atoms with Gasteiger partial charge in [0.05, 0.1) is 5.92 Å². The molecule has 2 aromatic rings. The lowest BCUT2D eigenvalue weighted by molar-refractivity contribution is -0.140. The van der Waals surface area contributed by atoms with Gasteiger partial charge in [-0.15, -0.1) is 0 Å². The van der Waals surface area contributed by atoms with Gasteiger partial charge in [-0.25, -0.2) is 9.59 Å². The Labute approximate surface area is 188 Å². The second-order valence-electron chi connectivity index (χ2n) is 9.42. The van der Waals surface area contributed by atoms with E-state index < -0.39 is 11.2 Å². The van der Waals surface area contributed by atoms with E-state index in [1.54, 1.807) is 24.0 Å². The van der Waals surface area contributed by atoms with Gasteiger partial charge in [-0.1, -0.05) is 13.3 Å². The summed E-state index contributed by atoms with van der Waals surface area (Å²) in [4.78, 5) is 38.7. The molecule has 0 aliphatic carbocycles. The number of fused-ring (bicyclic) bond motifs is 1. The van der Waals surface area contributed by atoms with Crippen molar-refractivity contribution in [3.05, 3.63) is 39.7 Å². The first-order chi connectivity index (χ1) is 15.1. The molecule has 1 fully saturated rings. The van der Waals surface area contributed by atoms with E-state index in [-0.39, 0.29) is 18.0 Å². The van der Waals surface area contributed by atoms with Crippen LogP contribution in [-0.4, -0.2) is 35.7 Å². The number of unbranched alkanes of at least 4 members (excludes halogenated alkanes) is 1. The van der Waals surface area contributed by atoms with E-state index in [4.69, 9.17) is 13.9 Å². The van der Waals surface area contributed by atoms with Gasteiger partial charge in [0, 0.05) is 30.1 Å². The lowest BCUT2D eigenvalue weighted by Crippen LogP contribution is -2.43. The molecule has 1 amide bonds. The molecule has 0 unspecified atom stereocenters. The fourth-order valence-corrected chi connectivity index (χ4v) is 3.91. The van der Waals surface area contributed by atoms with Crippen LogP contribution in [0, 0.1) is 12.8 Å². The zero-order valence-electron chi connectivity index (χ0n) is 19.7. The predicted octanol–water partition coefficient (Wildman–Crippen LogP) is 5.00. The standard InChI is InChI=1S/C25H33NO6/c1-6-7-8-18-15-21(27)31-22-16(2)20(10-9-19(18)22)30-23(28)17-11-13-26(14-12-17)24(29)32-25(3,4)5/h9-10,15,17H,6-8,11-14H2,1-5H3. The maximum absolute atomic E-state index is 12.8. The highest BCUT2D eigenvalue weighted by Gasteiger charge is 2.31. The van der Waals surface area contributed by atoms with Crippen molar-refractivity contribution < 1.29 is 23.5 Å². The summed E-state index contributed by atoms with van der Waals surface area (Å²) in [5.74, 6) is -0.236. The minimum Gasteiger partial charge on any atom is -0.444 e. The number of amides is 1. The molecule has 3 rings (SSSR count). The molecule has 0 N–H and O–H groups in total. The largest absolute Gasteiger partial charge is 0.444 e. The number of esters is 1. The van der Waals surface area contributed by atoms with Crippen LogP contribution >= 0.6 is 0 Å². The van der Waals surface area contributed by atoms with E-state index in [2.05, 4.69) is 6.92 Å². The third-order valence-electron chi connectivity index (χ3n) is 5.69. The summed E-state index contributed by atoms with van der Waals surface area (Å²) in [5, 5.41) is 0.876. The van der Waals surface area contributed by atoms with Crippen LogP contribution in [0.25, 0.3) is 11.0 Å². The SMILES string of the molecule is CCCCc1cc(=O)oc2c(C)c(OC(=O)C3CCN(C(=O)OC(C)(C)C)CC3)ccc12. The predicted molar refractivity (Wildman–Crippen MR) is 122 cm³/mol. The van der Waals surface area contributed by atoms with Crippen molar-refractivity contribution in [1.82, 2.24) is 4.90 Å². The summed E-state index contributed by atoms with van der Waals surface area (Å²) in [7, 11) is 0. The molecule has 1 aliphatic rings. The molecule has 0 radical (unpaired) electrons. The van der Waals surface area contributed by atoms with Gasteiger partial charge in [0.2, 0.25) is 0 Å². The minimum absolute atomic E-state index is 0.299. The van der Waals surface area contributed by atoms with Crippen molar-refractivity contribution in [3.8, 4) is 5.75 Å². The molecular formula is C25H33NO6. The zero-order valence-corrected chi connectivity index (χ0v) is 19.7. The molecule has 32 heavy (non-hydrogen) atoms. The van der Waals surface area contributed by atoms with Crippen LogP contribution < -0.4 is 10.4 Å². The molecule has 0 bridgehead atoms. The summed E-state index contributed by atoms with van der Waals surface area (Å²) in [6.07, 6.45) is 3.48. The molecule has 7 nitrogen and oxygen atoms in total. The molecule has 2 heterocycles. The van der Waals surface area contributed by atoms with E-state index in [1.165, 1.54) is 0 Å². The van der Waals surface area contributed by atoms with E-state index in [9.17, 15) is 14.4 Å². The number of hydrogen-bond donors (Lipinski definition) is 0. The van der Waals surface area contributed by atoms with Crippen molar-refractivity contribution in [2.75, 3.05) is 13.1 Å². The van der Waals surface area contributed by atoms with Crippen molar-refractivity contribution >= 4 is 23.0 Å². The molecule has 7 heteroatoms. The number of aryl methyl sites for hydroxylation is 2. The van der Waals surface area contributed by atoms with Crippen molar-refractivity contribution in [2.45, 2.75) is 72.3 Å². The summed E-state index contributed by atoms with van der Waals surface area (Å²) >= 11 is 0. The Hall–Kier alpha value is -2.83. The third kappa shape index (κ3) is 5.69. The number of likely N-dealkylation sites (tertiary alicyclic amines) is 1. The first-order valence-corrected chi connectivity index (χ1v) is 11.3. The van der Waals surface area contributed by atoms with Crippen molar-refractivity contribution in [1.29, 1.82) is 0 Å². The number of carbonyl (C=O) groups excluding carboxylic acids is 2. The van der Waals surface area contributed by atoms with Gasteiger partial charge >= 0.3 is 17.7 Å². The molecule has 0 saturated carbocycles. The van der Waals surface area contributed by atoms with E-state index >= 15 is 0 Å². The fourth-order valence-electron chi connectivity index (χ4n) is 3.91. The first kappa shape index (κ1) is 23.8. The van der Waals surface area contributed by atoms with Crippen LogP contribution in [0.15, 0.2) is 27.4 Å². The molecule has 0 atom stereocenters. The number of rotatable bonds is 5. The second kappa shape index (κ2) is 9.76. The number of hydrogen-bond acceptors (Lipinski definition) is 6. The monoisotopic (exact) mass is 443 g/mol. The Bertz CT molecular complexity index is 1040. The molecule has 1 aromatic carbocycles. The van der Waals surface area contributed by atoms with Crippen LogP contribution in [0.5, 0.6) is 5.75 Å². The Morgan fingerprint density at radius 2 is 1.88 bits per heavy atom. The van der Waals surface area contributed by atoms with Crippen LogP contribution in [0.2, 0.25) is 0 Å². The topological polar surface area (TPSA) is 86.0 Å². The van der Waals surface area contributed by atoms with Crippen LogP contribution in [0.4, 0.5) is 4.79 Å². The highest BCUT2D eigenvalue weighted by Crippen LogP contribution is 2.30. The number of nitrogens with zero attached hydrogens (tertiary/aromatic N) is 1. The maximum atomic E-state index is 12.8. The van der Waals surface area contributed by atoms with Crippen LogP contribution in [0.3, 0.4) is 0 Å². The average Bonchev–Trinajstić information content (AvgIpc) is 2.73. The Morgan fingerprint density at radius 1 is 1.19 bits per heavy atom. The number of carbonyl (C=O) groups is 2. The molecular weight excluding hydrogens is 410 g/mol. The van der Waals surface area contributed by atoms with Gasteiger partial charge in [0.1, 0.15) is 16.9 Å². The van der Waals surface area contributed by atoms with Gasteiger partial charge < -0.3 is 18.8 Å². The third-order valence-corrected chi connectivity index (χ3v) is 5.69. The Morgan fingerprint density at radius 3 is 2.50 bits per heavy atom. The minimum atomic E-state index is -0.550. The quantitative estimate of drug-likeness (QED) is 0.367. The van der Waals surface area contributed by atoms with Crippen LogP contribution in [0.1, 0.15) is 64.5 Å². The summed E-state index contributed by atoms with van der Waals surface area (Å²) in [6.45, 7) is 10.3. The zero-order chi connectivity index (χ0) is 23.5. The van der Waals surface area contributed by atoms with Crippen molar-refractivity contribution in [3.63, 3.8) is 0 Å². The second-order valence-corrected chi connectivity index (χ2v) is 9.42. The van der Waals surface area contributed by atoms with Crippen LogP contribution in [-0.2, 0) is 16.0 Å². The molecule has 0 spiro atoms. The molecule has 1 saturated heterocycles. The Kier molecular flexibility index (Phi) is 7.26. The first-order valence-electron chi connectivity index (χ1n) is 11.3. The molecule has 1 aromatic heterocycles. The van der Waals surface area contributed by atoms with Gasteiger partial charge in [-0.05, 0) is 71.1 Å². The maximum Gasteiger partial charge on any atom is 0.410 e. The molecule has 174 valence electrons. The number of benzene rings is 1. The normalized spacial score (nSPS) is 15.1. The molecule has 1 aliphatic heterocycles. The highest BCUT2D eigenvalue weighted by molar-refractivity contribution is 5.86. The van der Waals surface area contributed by atoms with Gasteiger partial charge in [0.15, 0.2) is 0 Å². The highest BCUT2D eigenvalue weighted by atomic mass is 16.6. The van der Waals surface area contributed by atoms with Crippen molar-refractivity contribution in [2.24, 2.45) is 5.92 Å². The van der Waals surface area contributed by atoms with E-state index in [0.717, 1.165) is 30.2 Å². The number of piperidine rings is 1. The fraction of sp³-hybridized carbons (Fsp3) is 0.560. The lowest BCUT2D eigenvalue weighted by atomic mass is 9.97. The summed E-state index contributed by atoms with van der Waals surface area (Å²) in [6, 6.07) is 5.16. The smallest absolute Gasteiger partial charge is 0.410 e. The van der Waals surface area contributed by atoms with Gasteiger partial charge in [-0.2, -0.15) is 0 Å². The Balaban J connectivity index is 1.69. The van der Waals surface area contributed by atoms with Gasteiger partial charge in [0.25, 0.3) is 0 Å². The van der Waals surface area contributed by atoms with Gasteiger partial charge in [-0.3, -0.25) is 4.79 Å². The van der Waals surface area contributed by atoms with E-state index in [1.807, 2.05) is 26.8 Å². The lowest BCUT2D eigenvalue weighted by Gasteiger charge is -2.32.